The molecule has 3 aromatic carbocycles. The highest BCUT2D eigenvalue weighted by atomic mass is 16.4. The van der Waals surface area contributed by atoms with Crippen LogP contribution in [-0.2, 0) is 6.54 Å². The molecule has 10 nitrogen and oxygen atoms in total. The first-order chi connectivity index (χ1) is 20.9. The number of nitrogen functional groups attached to an aromatic ring is 1. The van der Waals surface area contributed by atoms with Gasteiger partial charge in [0.15, 0.2) is 11.5 Å². The minimum absolute atomic E-state index is 0.0936. The lowest BCUT2D eigenvalue weighted by molar-refractivity contribution is 0.0697. The van der Waals surface area contributed by atoms with Crippen LogP contribution in [-0.4, -0.2) is 36.5 Å². The zero-order chi connectivity index (χ0) is 29.9. The van der Waals surface area contributed by atoms with E-state index in [-0.39, 0.29) is 23.2 Å². The molecule has 0 aliphatic heterocycles. The van der Waals surface area contributed by atoms with Crippen LogP contribution in [0.15, 0.2) is 103 Å². The maximum absolute atomic E-state index is 12.8. The summed E-state index contributed by atoms with van der Waals surface area (Å²) in [5.74, 6) is -0.776. The quantitative estimate of drug-likeness (QED) is 0.237. The zero-order valence-electron chi connectivity index (χ0n) is 22.6. The van der Waals surface area contributed by atoms with Crippen LogP contribution >= 0.6 is 0 Å². The summed E-state index contributed by atoms with van der Waals surface area (Å²) in [4.78, 5) is 38.3. The highest BCUT2D eigenvalue weighted by molar-refractivity contribution is 5.98. The molecule has 0 unspecified atom stereocenters. The van der Waals surface area contributed by atoms with Gasteiger partial charge in [-0.05, 0) is 60.2 Å². The molecule has 0 radical (unpaired) electrons. The number of carboxylic acids is 1. The molecular weight excluding hydrogens is 542 g/mol. The molecule has 1 amide bonds. The number of amides is 1. The van der Waals surface area contributed by atoms with E-state index in [1.807, 2.05) is 83.4 Å². The van der Waals surface area contributed by atoms with Crippen LogP contribution in [0.2, 0.25) is 0 Å². The van der Waals surface area contributed by atoms with Gasteiger partial charge in [-0.15, -0.1) is 0 Å². The molecule has 6 rings (SSSR count). The van der Waals surface area contributed by atoms with Crippen molar-refractivity contribution in [1.82, 2.24) is 24.8 Å². The Hall–Kier alpha value is -6.34. The first kappa shape index (κ1) is 26.9. The summed E-state index contributed by atoms with van der Waals surface area (Å²) in [6.07, 6.45) is 1.62. The molecule has 0 aliphatic rings. The van der Waals surface area contributed by atoms with E-state index in [2.05, 4.69) is 10.3 Å². The zero-order valence-corrected chi connectivity index (χ0v) is 22.6. The fraction of sp³-hybridized carbons (Fsp3) is 0.0303. The van der Waals surface area contributed by atoms with Gasteiger partial charge in [0, 0.05) is 29.6 Å². The van der Waals surface area contributed by atoms with Gasteiger partial charge in [0.25, 0.3) is 5.91 Å². The van der Waals surface area contributed by atoms with Crippen molar-refractivity contribution in [1.29, 1.82) is 5.26 Å². The standard InChI is InChI=1S/C33H23N7O3/c34-18-21-15-23(17-24(16-21)33(42)43)32(41)37-19-20-8-10-25(11-9-20)40-30(26-7-4-14-36-29(26)35)39-28-13-12-27(38-31(28)40)22-5-2-1-3-6-22/h1-17H,19H2,(H2,35,36)(H,37,41)(H,42,43). The number of nitrogens with zero attached hydrogens (tertiary/aromatic N) is 5. The Balaban J connectivity index is 1.34. The van der Waals surface area contributed by atoms with Crippen molar-refractivity contribution < 1.29 is 14.7 Å². The van der Waals surface area contributed by atoms with Crippen molar-refractivity contribution in [2.45, 2.75) is 6.54 Å². The minimum atomic E-state index is -1.22. The Bertz CT molecular complexity index is 2050. The number of fused-ring (bicyclic) bond motifs is 1. The summed E-state index contributed by atoms with van der Waals surface area (Å²) in [7, 11) is 0. The van der Waals surface area contributed by atoms with Crippen LogP contribution < -0.4 is 11.1 Å². The number of aromatic carboxylic acids is 1. The van der Waals surface area contributed by atoms with Gasteiger partial charge in [-0.2, -0.15) is 5.26 Å². The molecule has 0 fully saturated rings. The average Bonchev–Trinajstić information content (AvgIpc) is 3.42. The van der Waals surface area contributed by atoms with Gasteiger partial charge >= 0.3 is 5.97 Å². The van der Waals surface area contributed by atoms with Crippen LogP contribution in [0.3, 0.4) is 0 Å². The van der Waals surface area contributed by atoms with Gasteiger partial charge in [-0.3, -0.25) is 9.36 Å². The Morgan fingerprint density at radius 1 is 0.907 bits per heavy atom. The smallest absolute Gasteiger partial charge is 0.335 e. The second kappa shape index (κ2) is 11.3. The number of hydrogen-bond acceptors (Lipinski definition) is 7. The van der Waals surface area contributed by atoms with Crippen LogP contribution in [0, 0.1) is 11.3 Å². The monoisotopic (exact) mass is 565 g/mol. The largest absolute Gasteiger partial charge is 0.478 e. The van der Waals surface area contributed by atoms with Gasteiger partial charge in [0.05, 0.1) is 28.5 Å². The third kappa shape index (κ3) is 5.38. The lowest BCUT2D eigenvalue weighted by Gasteiger charge is -2.12. The average molecular weight is 566 g/mol. The highest BCUT2D eigenvalue weighted by Crippen LogP contribution is 2.31. The summed E-state index contributed by atoms with van der Waals surface area (Å²) in [5, 5.41) is 21.3. The fourth-order valence-electron chi connectivity index (χ4n) is 4.75. The van der Waals surface area contributed by atoms with Gasteiger partial charge < -0.3 is 16.2 Å². The van der Waals surface area contributed by atoms with E-state index < -0.39 is 11.9 Å². The number of carbonyl (C=O) groups excluding carboxylic acids is 1. The number of anilines is 1. The number of carboxylic acid groups (broad SMARTS) is 1. The second-order valence-electron chi connectivity index (χ2n) is 9.68. The van der Waals surface area contributed by atoms with Gasteiger partial charge in [-0.25, -0.2) is 19.7 Å². The van der Waals surface area contributed by atoms with E-state index in [0.29, 0.717) is 28.4 Å². The minimum Gasteiger partial charge on any atom is -0.478 e. The molecule has 0 aliphatic carbocycles. The first-order valence-corrected chi connectivity index (χ1v) is 13.2. The van der Waals surface area contributed by atoms with Crippen LogP contribution in [0.1, 0.15) is 31.8 Å². The highest BCUT2D eigenvalue weighted by Gasteiger charge is 2.19. The molecule has 208 valence electrons. The van der Waals surface area contributed by atoms with Crippen molar-refractivity contribution in [3.63, 3.8) is 0 Å². The number of rotatable bonds is 7. The number of aromatic nitrogens is 4. The predicted octanol–water partition coefficient (Wildman–Crippen LogP) is 5.23. The van der Waals surface area contributed by atoms with E-state index in [1.54, 1.807) is 12.3 Å². The Kier molecular flexibility index (Phi) is 7.04. The van der Waals surface area contributed by atoms with Crippen LogP contribution in [0.5, 0.6) is 0 Å². The number of nitriles is 1. The molecule has 10 heteroatoms. The lowest BCUT2D eigenvalue weighted by Crippen LogP contribution is -2.23. The molecule has 4 N–H and O–H groups in total. The first-order valence-electron chi connectivity index (χ1n) is 13.2. The topological polar surface area (TPSA) is 160 Å². The molecule has 43 heavy (non-hydrogen) atoms. The van der Waals surface area contributed by atoms with Gasteiger partial charge in [0.2, 0.25) is 0 Å². The van der Waals surface area contributed by atoms with E-state index in [0.717, 1.165) is 22.5 Å². The molecule has 3 aromatic heterocycles. The van der Waals surface area contributed by atoms with Crippen LogP contribution in [0.25, 0.3) is 39.5 Å². The number of nitrogens with one attached hydrogen (secondary N) is 1. The Morgan fingerprint density at radius 3 is 2.40 bits per heavy atom. The van der Waals surface area contributed by atoms with Gasteiger partial charge in [0.1, 0.15) is 11.3 Å². The summed E-state index contributed by atoms with van der Waals surface area (Å²) in [6, 6.07) is 30.6. The molecule has 0 spiro atoms. The van der Waals surface area contributed by atoms with Gasteiger partial charge in [-0.1, -0.05) is 42.5 Å². The van der Waals surface area contributed by atoms with Crippen molar-refractivity contribution in [2.75, 3.05) is 5.73 Å². The number of benzene rings is 3. The SMILES string of the molecule is N#Cc1cc(C(=O)O)cc(C(=O)NCc2ccc(-n3c(-c4cccnc4N)nc4ccc(-c5ccccc5)nc43)cc2)c1. The van der Waals surface area contributed by atoms with Crippen molar-refractivity contribution in [2.24, 2.45) is 0 Å². The summed E-state index contributed by atoms with van der Waals surface area (Å²) in [6.45, 7) is 0.182. The molecule has 0 saturated heterocycles. The number of pyridine rings is 2. The fourth-order valence-corrected chi connectivity index (χ4v) is 4.75. The third-order valence-corrected chi connectivity index (χ3v) is 6.87. The van der Waals surface area contributed by atoms with Crippen molar-refractivity contribution in [3.05, 3.63) is 126 Å². The maximum atomic E-state index is 12.8. The second-order valence-corrected chi connectivity index (χ2v) is 9.68. The number of hydrogen-bond donors (Lipinski definition) is 3. The lowest BCUT2D eigenvalue weighted by atomic mass is 10.1. The molecule has 0 saturated carbocycles. The molecule has 6 aromatic rings. The molecule has 0 bridgehead atoms. The van der Waals surface area contributed by atoms with E-state index >= 15 is 0 Å². The number of nitrogens with two attached hydrogens (primary N) is 1. The van der Waals surface area contributed by atoms with E-state index in [1.165, 1.54) is 18.2 Å². The van der Waals surface area contributed by atoms with Crippen LogP contribution in [0.4, 0.5) is 5.82 Å². The van der Waals surface area contributed by atoms with E-state index in [9.17, 15) is 20.0 Å². The molecule has 0 atom stereocenters. The van der Waals surface area contributed by atoms with Crippen molar-refractivity contribution >= 4 is 28.9 Å². The molecule has 3 heterocycles. The molecular formula is C33H23N7O3. The predicted molar refractivity (Wildman–Crippen MR) is 161 cm³/mol. The number of imidazole rings is 1. The summed E-state index contributed by atoms with van der Waals surface area (Å²) in [5.41, 5.74) is 11.7. The maximum Gasteiger partial charge on any atom is 0.335 e. The van der Waals surface area contributed by atoms with Crippen molar-refractivity contribution in [3.8, 4) is 34.4 Å². The summed E-state index contributed by atoms with van der Waals surface area (Å²) < 4.78 is 1.93. The number of carbonyl (C=O) groups is 2. The summed E-state index contributed by atoms with van der Waals surface area (Å²) >= 11 is 0. The third-order valence-electron chi connectivity index (χ3n) is 6.87. The Morgan fingerprint density at radius 2 is 1.67 bits per heavy atom. The van der Waals surface area contributed by atoms with E-state index in [4.69, 9.17) is 15.7 Å². The Labute approximate surface area is 245 Å². The normalized spacial score (nSPS) is 10.8.